The number of amides is 1. The summed E-state index contributed by atoms with van der Waals surface area (Å²) in [4.78, 5) is 12.9. The van der Waals surface area contributed by atoms with Gasteiger partial charge in [0.1, 0.15) is 22.7 Å². The lowest BCUT2D eigenvalue weighted by molar-refractivity contribution is 0.0929. The molecule has 0 fully saturated rings. The van der Waals surface area contributed by atoms with Gasteiger partial charge in [0.05, 0.1) is 18.8 Å². The third-order valence-electron chi connectivity index (χ3n) is 6.90. The fraction of sp³-hybridized carbons (Fsp3) is 0.333. The Hall–Kier alpha value is -4.22. The minimum atomic E-state index is -1.04. The van der Waals surface area contributed by atoms with Gasteiger partial charge in [-0.1, -0.05) is 31.9 Å². The second kappa shape index (κ2) is 13.0. The Morgan fingerprint density at radius 2 is 1.85 bits per heavy atom. The van der Waals surface area contributed by atoms with E-state index in [1.165, 1.54) is 12.1 Å². The molecule has 1 unspecified atom stereocenters. The molecule has 1 heterocycles. The predicted octanol–water partition coefficient (Wildman–Crippen LogP) is 7.93. The molecule has 0 bridgehead atoms. The molecule has 3 aromatic carbocycles. The third-order valence-corrected chi connectivity index (χ3v) is 6.90. The van der Waals surface area contributed by atoms with Crippen LogP contribution in [0.25, 0.3) is 33.4 Å². The number of hydrogen-bond donors (Lipinski definition) is 3. The van der Waals surface area contributed by atoms with Crippen LogP contribution in [0.3, 0.4) is 0 Å². The van der Waals surface area contributed by atoms with Crippen molar-refractivity contribution in [2.75, 3.05) is 18.5 Å². The van der Waals surface area contributed by atoms with Crippen molar-refractivity contribution in [3.63, 3.8) is 0 Å². The summed E-state index contributed by atoms with van der Waals surface area (Å²) in [5, 5.41) is 27.4. The second-order valence-electron chi connectivity index (χ2n) is 10.6. The lowest BCUT2D eigenvalue weighted by Gasteiger charge is -2.18. The highest BCUT2D eigenvalue weighted by Gasteiger charge is 2.25. The third kappa shape index (κ3) is 6.93. The number of rotatable bonds is 12. The van der Waals surface area contributed by atoms with Crippen LogP contribution in [-0.4, -0.2) is 29.8 Å². The summed E-state index contributed by atoms with van der Waals surface area (Å²) in [5.74, 6) is -0.298. The highest BCUT2D eigenvalue weighted by molar-refractivity contribution is 5.99. The molecule has 8 heteroatoms. The van der Waals surface area contributed by atoms with Crippen molar-refractivity contribution in [1.82, 2.24) is 5.32 Å². The van der Waals surface area contributed by atoms with Crippen molar-refractivity contribution in [2.45, 2.75) is 58.1 Å². The largest absolute Gasteiger partial charge is 0.456 e. The normalized spacial score (nSPS) is 12.2. The summed E-state index contributed by atoms with van der Waals surface area (Å²) >= 11 is 0. The van der Waals surface area contributed by atoms with E-state index in [0.717, 1.165) is 24.0 Å². The van der Waals surface area contributed by atoms with E-state index in [4.69, 9.17) is 4.42 Å². The van der Waals surface area contributed by atoms with Gasteiger partial charge in [0.25, 0.3) is 5.91 Å². The van der Waals surface area contributed by atoms with Gasteiger partial charge in [-0.25, -0.2) is 4.39 Å². The van der Waals surface area contributed by atoms with Crippen LogP contribution in [0, 0.1) is 17.1 Å². The Morgan fingerprint density at radius 3 is 2.54 bits per heavy atom. The molecule has 4 rings (SSSR count). The van der Waals surface area contributed by atoms with Gasteiger partial charge in [-0.15, -0.1) is 0 Å². The molecule has 4 aromatic rings. The van der Waals surface area contributed by atoms with Crippen molar-refractivity contribution >= 4 is 22.6 Å². The van der Waals surface area contributed by atoms with Crippen LogP contribution in [0.1, 0.15) is 68.5 Å². The minimum Gasteiger partial charge on any atom is -0.456 e. The standard InChI is InChI=1S/C33H35F2N3O3/c1-4-5-10-28(39)30-26-18-25(22-8-6-9-23(17-22)32(40)38-33(2,3)20-36)27(37-16-7-15-34)19-29(26)41-31(30)21-11-13-24(35)14-12-21/h6,8-9,11-14,17-19,28,37,39H,4-5,7,10,15-16H2,1-3H3,(H,38,40). The first-order valence-corrected chi connectivity index (χ1v) is 13.9. The van der Waals surface area contributed by atoms with Crippen molar-refractivity contribution in [3.8, 4) is 28.5 Å². The zero-order valence-electron chi connectivity index (χ0n) is 23.6. The Kier molecular flexibility index (Phi) is 9.41. The molecule has 0 aliphatic carbocycles. The molecule has 0 saturated carbocycles. The summed E-state index contributed by atoms with van der Waals surface area (Å²) in [7, 11) is 0. The van der Waals surface area contributed by atoms with Crippen LogP contribution in [0.15, 0.2) is 65.1 Å². The van der Waals surface area contributed by atoms with E-state index in [2.05, 4.69) is 23.6 Å². The average molecular weight is 560 g/mol. The van der Waals surface area contributed by atoms with E-state index < -0.39 is 18.3 Å². The van der Waals surface area contributed by atoms with Crippen LogP contribution >= 0.6 is 0 Å². The predicted molar refractivity (Wildman–Crippen MR) is 158 cm³/mol. The smallest absolute Gasteiger partial charge is 0.252 e. The maximum absolute atomic E-state index is 13.7. The quantitative estimate of drug-likeness (QED) is 0.153. The van der Waals surface area contributed by atoms with Gasteiger partial charge in [-0.3, -0.25) is 9.18 Å². The fourth-order valence-electron chi connectivity index (χ4n) is 4.74. The number of nitriles is 1. The Morgan fingerprint density at radius 1 is 1.10 bits per heavy atom. The summed E-state index contributed by atoms with van der Waals surface area (Å²) in [6.07, 6.45) is 1.73. The molecule has 41 heavy (non-hydrogen) atoms. The molecule has 1 amide bonds. The van der Waals surface area contributed by atoms with E-state index in [9.17, 15) is 23.9 Å². The first-order chi connectivity index (χ1) is 19.7. The second-order valence-corrected chi connectivity index (χ2v) is 10.6. The number of nitrogens with one attached hydrogen (secondary N) is 2. The number of anilines is 1. The SMILES string of the molecule is CCCCC(O)c1c(-c2ccc(F)cc2)oc2cc(NCCCF)c(-c3cccc(C(=O)NC(C)(C)C#N)c3)cc12. The first-order valence-electron chi connectivity index (χ1n) is 13.9. The van der Waals surface area contributed by atoms with Crippen LogP contribution in [0.4, 0.5) is 14.5 Å². The van der Waals surface area contributed by atoms with E-state index in [1.54, 1.807) is 44.2 Å². The molecule has 6 nitrogen and oxygen atoms in total. The maximum Gasteiger partial charge on any atom is 0.252 e. The molecular weight excluding hydrogens is 524 g/mol. The molecule has 1 aromatic heterocycles. The molecule has 0 aliphatic heterocycles. The highest BCUT2D eigenvalue weighted by atomic mass is 19.1. The van der Waals surface area contributed by atoms with Crippen LogP contribution < -0.4 is 10.6 Å². The lowest BCUT2D eigenvalue weighted by atomic mass is 9.94. The first kappa shape index (κ1) is 29.8. The lowest BCUT2D eigenvalue weighted by Crippen LogP contribution is -2.42. The number of aliphatic hydroxyl groups excluding tert-OH is 1. The number of benzene rings is 3. The highest BCUT2D eigenvalue weighted by Crippen LogP contribution is 2.43. The average Bonchev–Trinajstić information content (AvgIpc) is 3.34. The number of aliphatic hydroxyl groups is 1. The number of furan rings is 1. The molecule has 1 atom stereocenters. The van der Waals surface area contributed by atoms with Gasteiger partial charge in [-0.05, 0) is 74.7 Å². The van der Waals surface area contributed by atoms with Crippen molar-refractivity contribution in [1.29, 1.82) is 5.26 Å². The monoisotopic (exact) mass is 559 g/mol. The number of carbonyl (C=O) groups excluding carboxylic acids is 1. The number of alkyl halides is 1. The molecule has 0 spiro atoms. The fourth-order valence-corrected chi connectivity index (χ4v) is 4.74. The van der Waals surface area contributed by atoms with Crippen LogP contribution in [-0.2, 0) is 0 Å². The zero-order chi connectivity index (χ0) is 29.6. The Labute approximate surface area is 239 Å². The van der Waals surface area contributed by atoms with Crippen LogP contribution in [0.2, 0.25) is 0 Å². The van der Waals surface area contributed by atoms with Gasteiger partial charge >= 0.3 is 0 Å². The number of unbranched alkanes of at least 4 members (excludes halogenated alkanes) is 1. The number of nitrogens with zero attached hydrogens (tertiary/aromatic N) is 1. The Bertz CT molecular complexity index is 1550. The maximum atomic E-state index is 13.7. The van der Waals surface area contributed by atoms with Gasteiger partial charge < -0.3 is 20.2 Å². The molecular formula is C33H35F2N3O3. The topological polar surface area (TPSA) is 98.3 Å². The Balaban J connectivity index is 1.90. The van der Waals surface area contributed by atoms with E-state index in [0.29, 0.717) is 58.5 Å². The van der Waals surface area contributed by atoms with E-state index >= 15 is 0 Å². The van der Waals surface area contributed by atoms with Crippen molar-refractivity contribution < 1.29 is 23.1 Å². The van der Waals surface area contributed by atoms with Crippen LogP contribution in [0.5, 0.6) is 0 Å². The number of fused-ring (bicyclic) bond motifs is 1. The van der Waals surface area contributed by atoms with E-state index in [1.807, 2.05) is 18.2 Å². The van der Waals surface area contributed by atoms with Gasteiger partial charge in [0, 0.05) is 45.9 Å². The summed E-state index contributed by atoms with van der Waals surface area (Å²) in [6.45, 7) is 5.20. The number of carbonyl (C=O) groups is 1. The van der Waals surface area contributed by atoms with Gasteiger partial charge in [0.15, 0.2) is 0 Å². The summed E-state index contributed by atoms with van der Waals surface area (Å²) < 4.78 is 33.0. The van der Waals surface area contributed by atoms with Crippen molar-refractivity contribution in [3.05, 3.63) is 77.6 Å². The van der Waals surface area contributed by atoms with E-state index in [-0.39, 0.29) is 11.7 Å². The molecule has 3 N–H and O–H groups in total. The molecule has 0 radical (unpaired) electrons. The summed E-state index contributed by atoms with van der Waals surface area (Å²) in [5.41, 5.74) is 3.24. The van der Waals surface area contributed by atoms with Gasteiger partial charge in [-0.2, -0.15) is 5.26 Å². The zero-order valence-corrected chi connectivity index (χ0v) is 23.6. The number of hydrogen-bond acceptors (Lipinski definition) is 5. The molecule has 0 aliphatic rings. The summed E-state index contributed by atoms with van der Waals surface area (Å²) in [6, 6.07) is 18.8. The van der Waals surface area contributed by atoms with Crippen molar-refractivity contribution in [2.24, 2.45) is 0 Å². The molecule has 214 valence electrons. The molecule has 0 saturated heterocycles. The minimum absolute atomic E-state index is 0.309. The number of halogens is 2. The van der Waals surface area contributed by atoms with Gasteiger partial charge in [0.2, 0.25) is 0 Å².